The van der Waals surface area contributed by atoms with Crippen molar-refractivity contribution in [3.05, 3.63) is 328 Å². The first-order valence-corrected chi connectivity index (χ1v) is 30.3. The minimum Gasteiger partial charge on any atom is -0.309 e. The summed E-state index contributed by atoms with van der Waals surface area (Å²) in [4.78, 5) is 0. The highest BCUT2D eigenvalue weighted by Crippen LogP contribution is 2.45. The van der Waals surface area contributed by atoms with Gasteiger partial charge in [0.2, 0.25) is 0 Å². The Morgan fingerprint density at radius 2 is 0.523 bits per heavy atom. The van der Waals surface area contributed by atoms with E-state index in [9.17, 15) is 0 Å². The van der Waals surface area contributed by atoms with Gasteiger partial charge in [0.25, 0.3) is 0 Å². The zero-order chi connectivity index (χ0) is 57.8. The first-order chi connectivity index (χ1) is 43.7. The summed E-state index contributed by atoms with van der Waals surface area (Å²) >= 11 is 0. The van der Waals surface area contributed by atoms with E-state index >= 15 is 0 Å². The summed E-state index contributed by atoms with van der Waals surface area (Å²) in [6.45, 7) is 0. The van der Waals surface area contributed by atoms with E-state index in [1.807, 2.05) is 0 Å². The molecular weight excluding hydrogens is 1060 g/mol. The quantitative estimate of drug-likeness (QED) is 0.137. The van der Waals surface area contributed by atoms with E-state index in [1.165, 1.54) is 137 Å². The molecule has 4 heteroatoms. The second kappa shape index (κ2) is 20.0. The zero-order valence-corrected chi connectivity index (χ0v) is 48.0. The number of fused-ring (bicyclic) bond motifs is 12. The molecule has 4 heterocycles. The Morgan fingerprint density at radius 1 is 0.159 bits per heavy atom. The van der Waals surface area contributed by atoms with Gasteiger partial charge in [-0.2, -0.15) is 0 Å². The van der Waals surface area contributed by atoms with Crippen LogP contribution in [0.2, 0.25) is 0 Å². The van der Waals surface area contributed by atoms with Crippen LogP contribution in [0.3, 0.4) is 0 Å². The first kappa shape index (κ1) is 49.7. The maximum Gasteiger partial charge on any atom is 0.0562 e. The topological polar surface area (TPSA) is 19.7 Å². The maximum atomic E-state index is 2.47. The molecule has 4 aromatic heterocycles. The summed E-state index contributed by atoms with van der Waals surface area (Å²) in [7, 11) is 0. The molecule has 0 aliphatic rings. The van der Waals surface area contributed by atoms with Gasteiger partial charge in [-0.25, -0.2) is 0 Å². The van der Waals surface area contributed by atoms with Crippen molar-refractivity contribution in [1.82, 2.24) is 18.3 Å². The minimum absolute atomic E-state index is 1.12. The molecular formula is C84H54N4. The Labute approximate surface area is 508 Å². The molecule has 0 bridgehead atoms. The van der Waals surface area contributed by atoms with E-state index in [4.69, 9.17) is 0 Å². The third kappa shape index (κ3) is 7.79. The molecule has 18 rings (SSSR count). The normalized spacial score (nSPS) is 11.9. The Bertz CT molecular complexity index is 5760. The number of benzene rings is 14. The van der Waals surface area contributed by atoms with Crippen molar-refractivity contribution in [2.45, 2.75) is 0 Å². The lowest BCUT2D eigenvalue weighted by atomic mass is 9.96. The summed E-state index contributed by atoms with van der Waals surface area (Å²) in [5.41, 5.74) is 25.8. The minimum atomic E-state index is 1.12. The van der Waals surface area contributed by atoms with Crippen molar-refractivity contribution in [2.24, 2.45) is 0 Å². The van der Waals surface area contributed by atoms with Gasteiger partial charge in [0.15, 0.2) is 0 Å². The lowest BCUT2D eigenvalue weighted by molar-refractivity contribution is 1.16. The smallest absolute Gasteiger partial charge is 0.0562 e. The van der Waals surface area contributed by atoms with Crippen LogP contribution in [0.25, 0.3) is 166 Å². The molecule has 0 N–H and O–H groups in total. The Morgan fingerprint density at radius 3 is 1.17 bits per heavy atom. The second-order valence-electron chi connectivity index (χ2n) is 23.2. The van der Waals surface area contributed by atoms with Crippen molar-refractivity contribution in [2.75, 3.05) is 0 Å². The summed E-state index contributed by atoms with van der Waals surface area (Å²) in [5.74, 6) is 0. The van der Waals surface area contributed by atoms with Gasteiger partial charge in [-0.15, -0.1) is 0 Å². The standard InChI is InChI=1S/C84H54N4/c1-4-21-55(22-5-1)60-25-18-26-61(49-60)62-27-19-30-65(50-62)87-77-38-16-12-33-69(77)73-52-74-83(54-81(73)87)86(63-28-8-3-9-29-63)79-40-20-35-67(84(74)79)59-43-41-56(42-44-59)57-45-47-64(48-46-57)85-76-37-15-11-32-68(76)71-51-72-70-34-13-17-39-78(70)88(82(72)53-80(71)85)75-36-14-10-31-66(75)58-23-6-2-7-24-58/h1-54H. The summed E-state index contributed by atoms with van der Waals surface area (Å²) in [6, 6.07) is 120. The van der Waals surface area contributed by atoms with Crippen molar-refractivity contribution in [3.8, 4) is 78.4 Å². The second-order valence-corrected chi connectivity index (χ2v) is 23.2. The average molecular weight is 1120 g/mol. The molecule has 18 aromatic rings. The van der Waals surface area contributed by atoms with Gasteiger partial charge in [0.05, 0.1) is 49.8 Å². The van der Waals surface area contributed by atoms with Crippen molar-refractivity contribution in [1.29, 1.82) is 0 Å². The van der Waals surface area contributed by atoms with Gasteiger partial charge < -0.3 is 18.3 Å². The van der Waals surface area contributed by atoms with E-state index in [2.05, 4.69) is 346 Å². The summed E-state index contributed by atoms with van der Waals surface area (Å²) in [5, 5.41) is 9.87. The molecule has 0 saturated carbocycles. The molecule has 410 valence electrons. The number of nitrogens with zero attached hydrogens (tertiary/aromatic N) is 4. The van der Waals surface area contributed by atoms with E-state index in [0.717, 1.165) is 28.3 Å². The van der Waals surface area contributed by atoms with Gasteiger partial charge in [-0.1, -0.05) is 231 Å². The molecule has 0 unspecified atom stereocenters. The van der Waals surface area contributed by atoms with Gasteiger partial charge in [-0.3, -0.25) is 0 Å². The first-order valence-electron chi connectivity index (χ1n) is 30.3. The molecule has 0 aliphatic heterocycles. The van der Waals surface area contributed by atoms with Crippen LogP contribution in [0.15, 0.2) is 328 Å². The van der Waals surface area contributed by atoms with Crippen molar-refractivity contribution >= 4 is 87.2 Å². The van der Waals surface area contributed by atoms with Crippen LogP contribution in [-0.2, 0) is 0 Å². The van der Waals surface area contributed by atoms with E-state index < -0.39 is 0 Å². The lowest BCUT2D eigenvalue weighted by Crippen LogP contribution is -1.98. The summed E-state index contributed by atoms with van der Waals surface area (Å²) in [6.07, 6.45) is 0. The molecule has 0 aliphatic carbocycles. The Hall–Kier alpha value is -11.7. The Balaban J connectivity index is 0.742. The van der Waals surface area contributed by atoms with Gasteiger partial charge >= 0.3 is 0 Å². The predicted octanol–water partition coefficient (Wildman–Crippen LogP) is 22.4. The van der Waals surface area contributed by atoms with Crippen LogP contribution in [0.1, 0.15) is 0 Å². The molecule has 0 amide bonds. The molecule has 0 atom stereocenters. The molecule has 4 nitrogen and oxygen atoms in total. The zero-order valence-electron chi connectivity index (χ0n) is 48.0. The average Bonchev–Trinajstić information content (AvgIpc) is 1.62. The summed E-state index contributed by atoms with van der Waals surface area (Å²) < 4.78 is 9.84. The number of para-hydroxylation sites is 5. The number of aromatic nitrogens is 4. The van der Waals surface area contributed by atoms with Crippen LogP contribution < -0.4 is 0 Å². The maximum absolute atomic E-state index is 2.47. The Kier molecular flexibility index (Phi) is 11.3. The molecule has 88 heavy (non-hydrogen) atoms. The number of hydrogen-bond donors (Lipinski definition) is 0. The fourth-order valence-corrected chi connectivity index (χ4v) is 14.4. The monoisotopic (exact) mass is 1120 g/mol. The molecule has 0 spiro atoms. The SMILES string of the molecule is c1ccc(-c2cccc(-c3cccc(-n4c5ccccc5c5cc6c7c(-c8ccc(-c9ccc(-n%10c%11ccccc%11c%11cc%12c%13ccccc%13n(-c%13ccccc%13-c%13ccccc%13)c%12cc%11%10)cc9)cc8)cccc7n(-c7ccccc7)c6cc54)c3)c2)cc1. The van der Waals surface area contributed by atoms with Crippen LogP contribution in [0.5, 0.6) is 0 Å². The van der Waals surface area contributed by atoms with Crippen LogP contribution >= 0.6 is 0 Å². The van der Waals surface area contributed by atoms with Crippen LogP contribution in [0.4, 0.5) is 0 Å². The van der Waals surface area contributed by atoms with Crippen molar-refractivity contribution < 1.29 is 0 Å². The van der Waals surface area contributed by atoms with E-state index in [-0.39, 0.29) is 0 Å². The fraction of sp³-hybridized carbons (Fsp3) is 0. The van der Waals surface area contributed by atoms with Gasteiger partial charge in [0, 0.05) is 65.7 Å². The largest absolute Gasteiger partial charge is 0.309 e. The van der Waals surface area contributed by atoms with E-state index in [1.54, 1.807) is 0 Å². The highest BCUT2D eigenvalue weighted by atomic mass is 15.0. The van der Waals surface area contributed by atoms with Gasteiger partial charge in [0.1, 0.15) is 0 Å². The molecule has 14 aromatic carbocycles. The van der Waals surface area contributed by atoms with Gasteiger partial charge in [-0.05, 0) is 147 Å². The third-order valence-corrected chi connectivity index (χ3v) is 18.4. The van der Waals surface area contributed by atoms with Crippen LogP contribution in [0, 0.1) is 0 Å². The highest BCUT2D eigenvalue weighted by molar-refractivity contribution is 6.23. The number of hydrogen-bond acceptors (Lipinski definition) is 0. The van der Waals surface area contributed by atoms with E-state index in [0.29, 0.717) is 0 Å². The highest BCUT2D eigenvalue weighted by Gasteiger charge is 2.23. The molecule has 0 radical (unpaired) electrons. The number of rotatable bonds is 9. The lowest BCUT2D eigenvalue weighted by Gasteiger charge is -2.14. The third-order valence-electron chi connectivity index (χ3n) is 18.4. The molecule has 0 fully saturated rings. The fourth-order valence-electron chi connectivity index (χ4n) is 14.4. The predicted molar refractivity (Wildman–Crippen MR) is 371 cm³/mol. The van der Waals surface area contributed by atoms with Crippen molar-refractivity contribution in [3.63, 3.8) is 0 Å². The van der Waals surface area contributed by atoms with Crippen LogP contribution in [-0.4, -0.2) is 18.3 Å². The molecule has 0 saturated heterocycles.